The SMILES string of the molecule is Cl.Cl.c1cc2c(c([C@@H](C3CCOCC3)N3CCNCC3)c1)OCO2. The summed E-state index contributed by atoms with van der Waals surface area (Å²) in [5, 5.41) is 3.45. The summed E-state index contributed by atoms with van der Waals surface area (Å²) >= 11 is 0. The maximum Gasteiger partial charge on any atom is 0.231 e. The number of nitrogens with zero attached hydrogens (tertiary/aromatic N) is 1. The Bertz CT molecular complexity index is 503. The van der Waals surface area contributed by atoms with Crippen molar-refractivity contribution in [3.63, 3.8) is 0 Å². The van der Waals surface area contributed by atoms with Crippen molar-refractivity contribution in [3.8, 4) is 11.5 Å². The fourth-order valence-electron chi connectivity index (χ4n) is 3.93. The number of fused-ring (bicyclic) bond motifs is 1. The van der Waals surface area contributed by atoms with E-state index < -0.39 is 0 Å². The molecule has 5 nitrogen and oxygen atoms in total. The maximum absolute atomic E-state index is 5.80. The van der Waals surface area contributed by atoms with E-state index in [1.165, 1.54) is 5.56 Å². The lowest BCUT2D eigenvalue weighted by molar-refractivity contribution is 0.0205. The lowest BCUT2D eigenvalue weighted by Gasteiger charge is -2.41. The zero-order valence-corrected chi connectivity index (χ0v) is 15.4. The van der Waals surface area contributed by atoms with Crippen molar-refractivity contribution in [2.45, 2.75) is 18.9 Å². The zero-order valence-electron chi connectivity index (χ0n) is 13.7. The van der Waals surface area contributed by atoms with Crippen LogP contribution in [-0.2, 0) is 4.74 Å². The number of para-hydroxylation sites is 1. The van der Waals surface area contributed by atoms with Gasteiger partial charge in [-0.25, -0.2) is 0 Å². The Kier molecular flexibility index (Phi) is 7.44. The highest BCUT2D eigenvalue weighted by atomic mass is 35.5. The van der Waals surface area contributed by atoms with Crippen molar-refractivity contribution >= 4 is 24.8 Å². The third-order valence-electron chi connectivity index (χ3n) is 5.00. The molecule has 7 heteroatoms. The third kappa shape index (κ3) is 3.92. The predicted octanol–water partition coefficient (Wildman–Crippen LogP) is 2.63. The molecule has 3 aliphatic heterocycles. The largest absolute Gasteiger partial charge is 0.454 e. The molecular formula is C17H26Cl2N2O3. The van der Waals surface area contributed by atoms with Gasteiger partial charge >= 0.3 is 0 Å². The molecule has 0 saturated carbocycles. The van der Waals surface area contributed by atoms with E-state index in [2.05, 4.69) is 22.3 Å². The van der Waals surface area contributed by atoms with Gasteiger partial charge in [-0.15, -0.1) is 24.8 Å². The average Bonchev–Trinajstić information content (AvgIpc) is 3.07. The lowest BCUT2D eigenvalue weighted by Crippen LogP contribution is -2.47. The molecule has 0 unspecified atom stereocenters. The van der Waals surface area contributed by atoms with Gasteiger partial charge < -0.3 is 19.5 Å². The summed E-state index contributed by atoms with van der Waals surface area (Å²) < 4.78 is 17.0. The minimum atomic E-state index is 0. The second kappa shape index (κ2) is 9.11. The van der Waals surface area contributed by atoms with Gasteiger partial charge in [-0.3, -0.25) is 4.90 Å². The maximum atomic E-state index is 5.80. The van der Waals surface area contributed by atoms with Crippen LogP contribution in [0.25, 0.3) is 0 Å². The Morgan fingerprint density at radius 3 is 2.54 bits per heavy atom. The van der Waals surface area contributed by atoms with Gasteiger partial charge in [0, 0.05) is 51.0 Å². The Morgan fingerprint density at radius 2 is 1.79 bits per heavy atom. The van der Waals surface area contributed by atoms with E-state index in [0.717, 1.165) is 63.7 Å². The van der Waals surface area contributed by atoms with Crippen LogP contribution in [0.1, 0.15) is 24.4 Å². The summed E-state index contributed by atoms with van der Waals surface area (Å²) in [6.07, 6.45) is 2.25. The monoisotopic (exact) mass is 376 g/mol. The van der Waals surface area contributed by atoms with Gasteiger partial charge in [0.05, 0.1) is 0 Å². The summed E-state index contributed by atoms with van der Waals surface area (Å²) in [5.74, 6) is 2.48. The number of piperazine rings is 1. The first-order valence-electron chi connectivity index (χ1n) is 8.34. The first-order chi connectivity index (χ1) is 10.9. The van der Waals surface area contributed by atoms with E-state index >= 15 is 0 Å². The Morgan fingerprint density at radius 1 is 1.04 bits per heavy atom. The molecule has 1 aromatic rings. The normalized spacial score (nSPS) is 22.3. The molecule has 136 valence electrons. The van der Waals surface area contributed by atoms with E-state index in [-0.39, 0.29) is 24.8 Å². The van der Waals surface area contributed by atoms with E-state index in [9.17, 15) is 0 Å². The lowest BCUT2D eigenvalue weighted by atomic mass is 9.85. The van der Waals surface area contributed by atoms with Crippen molar-refractivity contribution in [1.29, 1.82) is 0 Å². The van der Waals surface area contributed by atoms with Crippen LogP contribution in [0.4, 0.5) is 0 Å². The highest BCUT2D eigenvalue weighted by Gasteiger charge is 2.34. The minimum Gasteiger partial charge on any atom is -0.454 e. The molecule has 0 spiro atoms. The molecule has 24 heavy (non-hydrogen) atoms. The fraction of sp³-hybridized carbons (Fsp3) is 0.647. The number of halogens is 2. The van der Waals surface area contributed by atoms with Crippen molar-refractivity contribution in [2.75, 3.05) is 46.2 Å². The topological polar surface area (TPSA) is 43.0 Å². The standard InChI is InChI=1S/C17H24N2O3.2ClH/c1-2-14(17-15(3-1)21-12-22-17)16(13-4-10-20-11-5-13)19-8-6-18-7-9-19;;/h1-3,13,16,18H,4-12H2;2*1H/t16-;;/m1../s1. The predicted molar refractivity (Wildman–Crippen MR) is 97.8 cm³/mol. The Hall–Kier alpha value is -0.720. The molecule has 0 amide bonds. The Balaban J connectivity index is 0.00000104. The van der Waals surface area contributed by atoms with Crippen LogP contribution in [0, 0.1) is 5.92 Å². The molecule has 3 aliphatic rings. The molecule has 1 atom stereocenters. The molecule has 2 fully saturated rings. The van der Waals surface area contributed by atoms with Crippen LogP contribution in [0.3, 0.4) is 0 Å². The highest BCUT2D eigenvalue weighted by Crippen LogP contribution is 2.44. The highest BCUT2D eigenvalue weighted by molar-refractivity contribution is 5.85. The molecule has 0 aromatic heterocycles. The van der Waals surface area contributed by atoms with Gasteiger partial charge in [0.1, 0.15) is 0 Å². The number of rotatable bonds is 3. The molecule has 1 N–H and O–H groups in total. The van der Waals surface area contributed by atoms with Crippen LogP contribution in [0.15, 0.2) is 18.2 Å². The second-order valence-electron chi connectivity index (χ2n) is 6.26. The molecule has 3 heterocycles. The molecule has 4 rings (SSSR count). The number of nitrogens with one attached hydrogen (secondary N) is 1. The molecule has 0 bridgehead atoms. The Labute approximate surface area is 155 Å². The number of benzene rings is 1. The van der Waals surface area contributed by atoms with Gasteiger partial charge in [0.2, 0.25) is 6.79 Å². The van der Waals surface area contributed by atoms with Crippen molar-refractivity contribution in [3.05, 3.63) is 23.8 Å². The van der Waals surface area contributed by atoms with E-state index in [0.29, 0.717) is 18.8 Å². The van der Waals surface area contributed by atoms with E-state index in [1.54, 1.807) is 0 Å². The first kappa shape index (κ1) is 19.6. The summed E-state index contributed by atoms with van der Waals surface area (Å²) in [6, 6.07) is 6.72. The smallest absolute Gasteiger partial charge is 0.231 e. The van der Waals surface area contributed by atoms with Crippen molar-refractivity contribution in [1.82, 2.24) is 10.2 Å². The van der Waals surface area contributed by atoms with Gasteiger partial charge in [-0.1, -0.05) is 12.1 Å². The number of ether oxygens (including phenoxy) is 3. The van der Waals surface area contributed by atoms with E-state index in [4.69, 9.17) is 14.2 Å². The average molecular weight is 377 g/mol. The summed E-state index contributed by atoms with van der Waals surface area (Å²) in [6.45, 7) is 6.39. The second-order valence-corrected chi connectivity index (χ2v) is 6.26. The van der Waals surface area contributed by atoms with Crippen LogP contribution < -0.4 is 14.8 Å². The fourth-order valence-corrected chi connectivity index (χ4v) is 3.93. The summed E-state index contributed by atoms with van der Waals surface area (Å²) in [7, 11) is 0. The quantitative estimate of drug-likeness (QED) is 0.877. The van der Waals surface area contributed by atoms with Gasteiger partial charge in [-0.05, 0) is 24.8 Å². The zero-order chi connectivity index (χ0) is 14.8. The van der Waals surface area contributed by atoms with Crippen LogP contribution in [0.2, 0.25) is 0 Å². The van der Waals surface area contributed by atoms with Gasteiger partial charge in [-0.2, -0.15) is 0 Å². The van der Waals surface area contributed by atoms with E-state index in [1.807, 2.05) is 6.07 Å². The number of hydrogen-bond acceptors (Lipinski definition) is 5. The molecule has 2 saturated heterocycles. The molecule has 0 aliphatic carbocycles. The molecule has 0 radical (unpaired) electrons. The molecular weight excluding hydrogens is 351 g/mol. The summed E-state index contributed by atoms with van der Waals surface area (Å²) in [4.78, 5) is 2.61. The van der Waals surface area contributed by atoms with Crippen LogP contribution in [-0.4, -0.2) is 51.1 Å². The molecule has 1 aromatic carbocycles. The van der Waals surface area contributed by atoms with Crippen molar-refractivity contribution < 1.29 is 14.2 Å². The van der Waals surface area contributed by atoms with Crippen LogP contribution in [0.5, 0.6) is 11.5 Å². The minimum absolute atomic E-state index is 0. The van der Waals surface area contributed by atoms with Gasteiger partial charge in [0.25, 0.3) is 0 Å². The van der Waals surface area contributed by atoms with Gasteiger partial charge in [0.15, 0.2) is 11.5 Å². The van der Waals surface area contributed by atoms with Crippen molar-refractivity contribution in [2.24, 2.45) is 5.92 Å². The van der Waals surface area contributed by atoms with Crippen LogP contribution >= 0.6 is 24.8 Å². The first-order valence-corrected chi connectivity index (χ1v) is 8.34. The summed E-state index contributed by atoms with van der Waals surface area (Å²) in [5.41, 5.74) is 1.30. The number of hydrogen-bond donors (Lipinski definition) is 1. The third-order valence-corrected chi connectivity index (χ3v) is 5.00.